The molecule has 0 spiro atoms. The lowest BCUT2D eigenvalue weighted by Crippen LogP contribution is -2.56. The third-order valence-corrected chi connectivity index (χ3v) is 5.04. The van der Waals surface area contributed by atoms with Crippen molar-refractivity contribution in [3.63, 3.8) is 0 Å². The van der Waals surface area contributed by atoms with Crippen molar-refractivity contribution in [2.75, 3.05) is 27.3 Å². The fourth-order valence-electron chi connectivity index (χ4n) is 1.11. The predicted octanol–water partition coefficient (Wildman–Crippen LogP) is 0.176. The first kappa shape index (κ1) is 12.1. The number of hydrogen-bond donors (Lipinski definition) is 2. The van der Waals surface area contributed by atoms with Crippen molar-refractivity contribution in [2.24, 2.45) is 5.73 Å². The minimum absolute atomic E-state index is 0.616. The third-order valence-electron chi connectivity index (χ3n) is 1.78. The molecular weight excluding hydrogens is 172 g/mol. The Morgan fingerprint density at radius 2 is 1.92 bits per heavy atom. The minimum Gasteiger partial charge on any atom is -0.386 e. The summed E-state index contributed by atoms with van der Waals surface area (Å²) >= 11 is 0. The Kier molecular flexibility index (Phi) is 6.59. The largest absolute Gasteiger partial charge is 0.424 e. The van der Waals surface area contributed by atoms with E-state index in [0.717, 1.165) is 19.0 Å². The van der Waals surface area contributed by atoms with Crippen LogP contribution in [0.15, 0.2) is 0 Å². The maximum atomic E-state index is 5.39. The normalized spacial score (nSPS) is 12.0. The first-order valence-electron chi connectivity index (χ1n) is 4.30. The fourth-order valence-corrected chi connectivity index (χ4v) is 3.34. The molecule has 0 amide bonds. The van der Waals surface area contributed by atoms with Crippen molar-refractivity contribution in [2.45, 2.75) is 19.4 Å². The van der Waals surface area contributed by atoms with Crippen LogP contribution < -0.4 is 10.7 Å². The van der Waals surface area contributed by atoms with Gasteiger partial charge in [0.2, 0.25) is 0 Å². The van der Waals surface area contributed by atoms with Gasteiger partial charge in [0.25, 0.3) is 0 Å². The Morgan fingerprint density at radius 1 is 1.33 bits per heavy atom. The average molecular weight is 192 g/mol. The molecule has 0 radical (unpaired) electrons. The molecule has 0 aliphatic heterocycles. The lowest BCUT2D eigenvalue weighted by molar-refractivity contribution is 0.227. The van der Waals surface area contributed by atoms with Gasteiger partial charge in [0.15, 0.2) is 0 Å². The summed E-state index contributed by atoms with van der Waals surface area (Å²) in [4.78, 5) is 3.25. The zero-order valence-corrected chi connectivity index (χ0v) is 9.22. The van der Waals surface area contributed by atoms with Gasteiger partial charge in [-0.2, -0.15) is 0 Å². The van der Waals surface area contributed by atoms with E-state index in [1.807, 2.05) is 0 Å². The third kappa shape index (κ3) is 3.64. The number of nitrogens with one attached hydrogen (secondary N) is 1. The average Bonchev–Trinajstić information content (AvgIpc) is 2.13. The van der Waals surface area contributed by atoms with Crippen LogP contribution in [-0.2, 0) is 8.85 Å². The van der Waals surface area contributed by atoms with Crippen molar-refractivity contribution in [3.8, 4) is 0 Å². The Balaban J connectivity index is 3.95. The summed E-state index contributed by atoms with van der Waals surface area (Å²) < 4.78 is 10.8. The van der Waals surface area contributed by atoms with Crippen LogP contribution in [0.4, 0.5) is 0 Å². The highest BCUT2D eigenvalue weighted by Crippen LogP contribution is 2.09. The second-order valence-electron chi connectivity index (χ2n) is 2.63. The van der Waals surface area contributed by atoms with E-state index in [-0.39, 0.29) is 0 Å². The molecule has 0 aliphatic rings. The van der Waals surface area contributed by atoms with Crippen molar-refractivity contribution in [1.82, 2.24) is 4.98 Å². The molecule has 0 unspecified atom stereocenters. The molecule has 74 valence electrons. The van der Waals surface area contributed by atoms with Crippen LogP contribution in [-0.4, -0.2) is 36.0 Å². The summed E-state index contributed by atoms with van der Waals surface area (Å²) in [5.41, 5.74) is 5.39. The maximum Gasteiger partial charge on any atom is 0.424 e. The van der Waals surface area contributed by atoms with Crippen molar-refractivity contribution in [3.05, 3.63) is 0 Å². The molecule has 0 aromatic rings. The molecule has 4 nitrogen and oxygen atoms in total. The quantitative estimate of drug-likeness (QED) is 0.565. The highest BCUT2D eigenvalue weighted by Gasteiger charge is 2.34. The molecule has 12 heavy (non-hydrogen) atoms. The lowest BCUT2D eigenvalue weighted by atomic mass is 10.6. The number of nitrogens with two attached hydrogens (primary N) is 1. The standard InChI is InChI=1S/C7H20N2O2Si/c1-4-7-12(10-2,11-3)9-6-5-8/h9H,4-8H2,1-3H3. The monoisotopic (exact) mass is 192 g/mol. The van der Waals surface area contributed by atoms with E-state index in [9.17, 15) is 0 Å². The fraction of sp³-hybridized carbons (Fsp3) is 1.00. The second kappa shape index (κ2) is 6.56. The molecule has 0 saturated carbocycles. The molecule has 0 aromatic heterocycles. The van der Waals surface area contributed by atoms with Gasteiger partial charge in [0.1, 0.15) is 0 Å². The van der Waals surface area contributed by atoms with Crippen LogP contribution in [0.5, 0.6) is 0 Å². The van der Waals surface area contributed by atoms with Crippen molar-refractivity contribution < 1.29 is 8.85 Å². The highest BCUT2D eigenvalue weighted by atomic mass is 28.4. The lowest BCUT2D eigenvalue weighted by Gasteiger charge is -2.27. The molecule has 3 N–H and O–H groups in total. The zero-order chi connectivity index (χ0) is 9.45. The molecule has 0 bridgehead atoms. The molecule has 0 saturated heterocycles. The number of hydrogen-bond acceptors (Lipinski definition) is 4. The van der Waals surface area contributed by atoms with E-state index in [4.69, 9.17) is 14.6 Å². The Bertz CT molecular complexity index is 110. The molecule has 0 aromatic carbocycles. The summed E-state index contributed by atoms with van der Waals surface area (Å²) in [6.07, 6.45) is 1.06. The van der Waals surface area contributed by atoms with Crippen molar-refractivity contribution >= 4 is 8.72 Å². The number of rotatable bonds is 7. The molecule has 0 aliphatic carbocycles. The summed E-state index contributed by atoms with van der Waals surface area (Å²) in [7, 11) is 1.28. The molecule has 0 atom stereocenters. The zero-order valence-electron chi connectivity index (χ0n) is 8.22. The smallest absolute Gasteiger partial charge is 0.386 e. The van der Waals surface area contributed by atoms with Gasteiger partial charge in [0.05, 0.1) is 0 Å². The van der Waals surface area contributed by atoms with Crippen LogP contribution in [0.25, 0.3) is 0 Å². The van der Waals surface area contributed by atoms with E-state index < -0.39 is 8.72 Å². The van der Waals surface area contributed by atoms with Gasteiger partial charge >= 0.3 is 8.72 Å². The Morgan fingerprint density at radius 3 is 2.25 bits per heavy atom. The van der Waals surface area contributed by atoms with Gasteiger partial charge in [-0.15, -0.1) is 0 Å². The van der Waals surface area contributed by atoms with E-state index in [1.165, 1.54) is 0 Å². The SMILES string of the molecule is CCC[Si](NCCN)(OC)OC. The van der Waals surface area contributed by atoms with E-state index in [0.29, 0.717) is 6.54 Å². The molecule has 0 fully saturated rings. The van der Waals surface area contributed by atoms with Crippen molar-refractivity contribution in [1.29, 1.82) is 0 Å². The first-order valence-corrected chi connectivity index (χ1v) is 6.32. The van der Waals surface area contributed by atoms with E-state index in [2.05, 4.69) is 11.9 Å². The Labute approximate surface area is 75.8 Å². The highest BCUT2D eigenvalue weighted by molar-refractivity contribution is 6.64. The predicted molar refractivity (Wildman–Crippen MR) is 51.9 cm³/mol. The topological polar surface area (TPSA) is 56.5 Å². The van der Waals surface area contributed by atoms with Crippen LogP contribution in [0.1, 0.15) is 13.3 Å². The minimum atomic E-state index is -2.09. The molecule has 5 heteroatoms. The van der Waals surface area contributed by atoms with Gasteiger partial charge < -0.3 is 14.6 Å². The summed E-state index contributed by atoms with van der Waals surface area (Å²) in [5.74, 6) is 0. The van der Waals surface area contributed by atoms with Crippen LogP contribution >= 0.6 is 0 Å². The van der Waals surface area contributed by atoms with E-state index >= 15 is 0 Å². The van der Waals surface area contributed by atoms with Crippen LogP contribution in [0.3, 0.4) is 0 Å². The summed E-state index contributed by atoms with van der Waals surface area (Å²) in [6.45, 7) is 3.49. The van der Waals surface area contributed by atoms with E-state index in [1.54, 1.807) is 14.2 Å². The summed E-state index contributed by atoms with van der Waals surface area (Å²) in [5, 5.41) is 0. The van der Waals surface area contributed by atoms with Gasteiger partial charge in [-0.3, -0.25) is 4.98 Å². The molecule has 0 rings (SSSR count). The summed E-state index contributed by atoms with van der Waals surface area (Å²) in [6, 6.07) is 0.958. The first-order chi connectivity index (χ1) is 5.74. The van der Waals surface area contributed by atoms with Gasteiger partial charge in [-0.25, -0.2) is 0 Å². The van der Waals surface area contributed by atoms with Gasteiger partial charge in [0, 0.05) is 33.4 Å². The molecular formula is C7H20N2O2Si. The molecule has 0 heterocycles. The van der Waals surface area contributed by atoms with Crippen LogP contribution in [0.2, 0.25) is 6.04 Å². The second-order valence-corrected chi connectivity index (χ2v) is 5.80. The maximum absolute atomic E-state index is 5.39. The van der Waals surface area contributed by atoms with Gasteiger partial charge in [-0.1, -0.05) is 13.3 Å². The van der Waals surface area contributed by atoms with Crippen LogP contribution in [0, 0.1) is 0 Å². The Hall–Kier alpha value is 0.0569. The van der Waals surface area contributed by atoms with Gasteiger partial charge in [-0.05, 0) is 0 Å².